The summed E-state index contributed by atoms with van der Waals surface area (Å²) in [7, 11) is 0. The van der Waals surface area contributed by atoms with Crippen molar-refractivity contribution in [3.63, 3.8) is 0 Å². The molecule has 0 radical (unpaired) electrons. The molecule has 14 heavy (non-hydrogen) atoms. The molecule has 1 aliphatic rings. The maximum atomic E-state index is 13.5. The molecule has 1 aromatic carbocycles. The summed E-state index contributed by atoms with van der Waals surface area (Å²) < 4.78 is 13.5. The first-order valence-corrected chi connectivity index (χ1v) is 4.91. The molecule has 1 atom stereocenters. The minimum Gasteiger partial charge on any atom is -0.507 e. The quantitative estimate of drug-likeness (QED) is 0.720. The third-order valence-corrected chi connectivity index (χ3v) is 2.77. The molecule has 1 aliphatic heterocycles. The minimum absolute atomic E-state index is 0.0186. The van der Waals surface area contributed by atoms with Gasteiger partial charge in [0.05, 0.1) is 0 Å². The fourth-order valence-electron chi connectivity index (χ4n) is 1.95. The zero-order valence-electron chi connectivity index (χ0n) is 8.18. The van der Waals surface area contributed by atoms with Gasteiger partial charge in [-0.25, -0.2) is 4.39 Å². The van der Waals surface area contributed by atoms with Crippen LogP contribution >= 0.6 is 0 Å². The van der Waals surface area contributed by atoms with E-state index in [9.17, 15) is 9.50 Å². The minimum atomic E-state index is -0.312. The number of aromatic hydroxyl groups is 1. The highest BCUT2D eigenvalue weighted by Crippen LogP contribution is 2.34. The van der Waals surface area contributed by atoms with Crippen LogP contribution in [0.2, 0.25) is 0 Å². The van der Waals surface area contributed by atoms with E-state index >= 15 is 0 Å². The van der Waals surface area contributed by atoms with Crippen molar-refractivity contribution in [1.29, 1.82) is 0 Å². The van der Waals surface area contributed by atoms with Crippen LogP contribution in [0.5, 0.6) is 5.75 Å². The largest absolute Gasteiger partial charge is 0.507 e. The van der Waals surface area contributed by atoms with Gasteiger partial charge in [0.2, 0.25) is 0 Å². The molecule has 2 nitrogen and oxygen atoms in total. The zero-order valence-corrected chi connectivity index (χ0v) is 8.18. The van der Waals surface area contributed by atoms with Gasteiger partial charge in [-0.15, -0.1) is 0 Å². The smallest absolute Gasteiger partial charge is 0.131 e. The van der Waals surface area contributed by atoms with E-state index in [2.05, 4.69) is 5.32 Å². The first-order chi connectivity index (χ1) is 6.70. The van der Waals surface area contributed by atoms with E-state index in [0.717, 1.165) is 24.9 Å². The van der Waals surface area contributed by atoms with Gasteiger partial charge in [-0.1, -0.05) is 6.07 Å². The highest BCUT2D eigenvalue weighted by atomic mass is 19.1. The van der Waals surface area contributed by atoms with Crippen molar-refractivity contribution in [2.45, 2.75) is 25.8 Å². The zero-order chi connectivity index (χ0) is 10.1. The van der Waals surface area contributed by atoms with E-state index < -0.39 is 0 Å². The second-order valence-corrected chi connectivity index (χ2v) is 3.78. The predicted octanol–water partition coefficient (Wildman–Crippen LogP) is 2.26. The summed E-state index contributed by atoms with van der Waals surface area (Å²) in [5.41, 5.74) is 1.16. The lowest BCUT2D eigenvalue weighted by Crippen LogP contribution is -2.14. The molecule has 1 fully saturated rings. The van der Waals surface area contributed by atoms with Crippen LogP contribution in [0.15, 0.2) is 12.1 Å². The number of phenolic OH excluding ortho intramolecular Hbond substituents is 1. The molecule has 0 aromatic heterocycles. The summed E-state index contributed by atoms with van der Waals surface area (Å²) in [6, 6.07) is 3.00. The van der Waals surface area contributed by atoms with Gasteiger partial charge < -0.3 is 10.4 Å². The first kappa shape index (κ1) is 9.46. The first-order valence-electron chi connectivity index (χ1n) is 4.91. The Morgan fingerprint density at radius 3 is 2.93 bits per heavy atom. The lowest BCUT2D eigenvalue weighted by atomic mass is 10.0. The summed E-state index contributed by atoms with van der Waals surface area (Å²) in [6.45, 7) is 2.69. The van der Waals surface area contributed by atoms with E-state index in [4.69, 9.17) is 0 Å². The second-order valence-electron chi connectivity index (χ2n) is 3.78. The molecule has 0 bridgehead atoms. The summed E-state index contributed by atoms with van der Waals surface area (Å²) >= 11 is 0. The number of aryl methyl sites for hydroxylation is 1. The van der Waals surface area contributed by atoms with Crippen LogP contribution in [-0.2, 0) is 0 Å². The maximum absolute atomic E-state index is 13.5. The number of hydrogen-bond acceptors (Lipinski definition) is 2. The third kappa shape index (κ3) is 1.48. The Kier molecular flexibility index (Phi) is 2.42. The lowest BCUT2D eigenvalue weighted by Gasteiger charge is -2.14. The fraction of sp³-hybridized carbons (Fsp3) is 0.455. The van der Waals surface area contributed by atoms with E-state index in [1.54, 1.807) is 13.0 Å². The summed E-state index contributed by atoms with van der Waals surface area (Å²) in [5, 5.41) is 12.9. The van der Waals surface area contributed by atoms with E-state index in [1.807, 2.05) is 0 Å². The van der Waals surface area contributed by atoms with Crippen LogP contribution in [0.4, 0.5) is 4.39 Å². The Balaban J connectivity index is 2.44. The van der Waals surface area contributed by atoms with Gasteiger partial charge >= 0.3 is 0 Å². The van der Waals surface area contributed by atoms with Crippen molar-refractivity contribution in [2.24, 2.45) is 0 Å². The SMILES string of the molecule is Cc1ccc(F)c(C2CCCN2)c1O. The van der Waals surface area contributed by atoms with E-state index in [1.165, 1.54) is 6.07 Å². The molecular formula is C11H14FNO. The summed E-state index contributed by atoms with van der Waals surface area (Å²) in [5.74, 6) is -0.211. The molecule has 2 N–H and O–H groups in total. The van der Waals surface area contributed by atoms with Gasteiger partial charge in [-0.2, -0.15) is 0 Å². The van der Waals surface area contributed by atoms with E-state index in [-0.39, 0.29) is 17.6 Å². The molecule has 0 aliphatic carbocycles. The predicted molar refractivity (Wildman–Crippen MR) is 52.8 cm³/mol. The fourth-order valence-corrected chi connectivity index (χ4v) is 1.95. The average molecular weight is 195 g/mol. The number of halogens is 1. The van der Waals surface area contributed by atoms with Crippen molar-refractivity contribution < 1.29 is 9.50 Å². The van der Waals surface area contributed by atoms with Crippen molar-refractivity contribution >= 4 is 0 Å². The van der Waals surface area contributed by atoms with Crippen LogP contribution in [-0.4, -0.2) is 11.7 Å². The molecule has 76 valence electrons. The van der Waals surface area contributed by atoms with Gasteiger partial charge in [0, 0.05) is 11.6 Å². The molecule has 0 amide bonds. The monoisotopic (exact) mass is 195 g/mol. The molecule has 1 saturated heterocycles. The Morgan fingerprint density at radius 1 is 1.50 bits per heavy atom. The maximum Gasteiger partial charge on any atom is 0.131 e. The number of hydrogen-bond donors (Lipinski definition) is 2. The Labute approximate surface area is 82.8 Å². The van der Waals surface area contributed by atoms with Gasteiger partial charge in [-0.05, 0) is 37.9 Å². The van der Waals surface area contributed by atoms with Gasteiger partial charge in [0.1, 0.15) is 11.6 Å². The average Bonchev–Trinajstić information content (AvgIpc) is 2.65. The Morgan fingerprint density at radius 2 is 2.29 bits per heavy atom. The molecule has 3 heteroatoms. The summed E-state index contributed by atoms with van der Waals surface area (Å²) in [6.07, 6.45) is 1.94. The van der Waals surface area contributed by atoms with Crippen LogP contribution in [0, 0.1) is 12.7 Å². The molecule has 1 aromatic rings. The highest BCUT2D eigenvalue weighted by Gasteiger charge is 2.23. The molecule has 1 unspecified atom stereocenters. The number of nitrogens with one attached hydrogen (secondary N) is 1. The summed E-state index contributed by atoms with van der Waals surface area (Å²) in [4.78, 5) is 0. The normalized spacial score (nSPS) is 21.4. The third-order valence-electron chi connectivity index (χ3n) is 2.77. The van der Waals surface area contributed by atoms with Crippen LogP contribution in [0.1, 0.15) is 30.0 Å². The van der Waals surface area contributed by atoms with E-state index in [0.29, 0.717) is 5.56 Å². The molecule has 1 heterocycles. The van der Waals surface area contributed by atoms with Crippen molar-refractivity contribution in [1.82, 2.24) is 5.32 Å². The highest BCUT2D eigenvalue weighted by molar-refractivity contribution is 5.42. The number of phenols is 1. The van der Waals surface area contributed by atoms with Gasteiger partial charge in [0.15, 0.2) is 0 Å². The van der Waals surface area contributed by atoms with Crippen LogP contribution in [0.3, 0.4) is 0 Å². The van der Waals surface area contributed by atoms with Crippen molar-refractivity contribution in [3.05, 3.63) is 29.1 Å². The van der Waals surface area contributed by atoms with Gasteiger partial charge in [0.25, 0.3) is 0 Å². The topological polar surface area (TPSA) is 32.3 Å². The Bertz CT molecular complexity index is 345. The van der Waals surface area contributed by atoms with Crippen LogP contribution in [0.25, 0.3) is 0 Å². The second kappa shape index (κ2) is 3.58. The molecule has 2 rings (SSSR count). The van der Waals surface area contributed by atoms with Crippen LogP contribution < -0.4 is 5.32 Å². The Hall–Kier alpha value is -1.09. The molecule has 0 saturated carbocycles. The number of rotatable bonds is 1. The molecule has 0 spiro atoms. The lowest BCUT2D eigenvalue weighted by molar-refractivity contribution is 0.439. The van der Waals surface area contributed by atoms with Gasteiger partial charge in [-0.3, -0.25) is 0 Å². The number of benzene rings is 1. The molecular weight excluding hydrogens is 181 g/mol. The van der Waals surface area contributed by atoms with Crippen molar-refractivity contribution in [2.75, 3.05) is 6.54 Å². The van der Waals surface area contributed by atoms with Crippen molar-refractivity contribution in [3.8, 4) is 5.75 Å². The standard InChI is InChI=1S/C11H14FNO/c1-7-4-5-8(12)10(11(7)14)9-3-2-6-13-9/h4-5,9,13-14H,2-3,6H2,1H3.